The van der Waals surface area contributed by atoms with Gasteiger partial charge in [-0.3, -0.25) is 0 Å². The molecule has 0 saturated carbocycles. The first kappa shape index (κ1) is 16.2. The highest BCUT2D eigenvalue weighted by molar-refractivity contribution is 7.91. The quantitative estimate of drug-likeness (QED) is 0.775. The van der Waals surface area contributed by atoms with E-state index >= 15 is 0 Å². The molecule has 0 bridgehead atoms. The van der Waals surface area contributed by atoms with Crippen molar-refractivity contribution in [3.63, 3.8) is 0 Å². The monoisotopic (exact) mass is 336 g/mol. The summed E-state index contributed by atoms with van der Waals surface area (Å²) < 4.78 is 27.1. The molecule has 2 rings (SSSR count). The van der Waals surface area contributed by atoms with Gasteiger partial charge in [-0.25, -0.2) is 8.42 Å². The van der Waals surface area contributed by atoms with Crippen molar-refractivity contribution in [2.24, 2.45) is 5.92 Å². The van der Waals surface area contributed by atoms with Crippen molar-refractivity contribution in [2.75, 3.05) is 33.7 Å². The molecule has 2 heterocycles. The summed E-state index contributed by atoms with van der Waals surface area (Å²) >= 11 is 7.02. The first-order valence-electron chi connectivity index (χ1n) is 6.73. The smallest absolute Gasteiger partial charge is 0.252 e. The maximum Gasteiger partial charge on any atom is 0.252 e. The van der Waals surface area contributed by atoms with E-state index in [0.717, 1.165) is 24.3 Å². The fraction of sp³-hybridized carbons (Fsp3) is 0.692. The van der Waals surface area contributed by atoms with Gasteiger partial charge in [0, 0.05) is 24.5 Å². The summed E-state index contributed by atoms with van der Waals surface area (Å²) in [6.07, 6.45) is 1.87. The number of halogens is 1. The Labute approximate surface area is 130 Å². The predicted octanol–water partition coefficient (Wildman–Crippen LogP) is 2.45. The van der Waals surface area contributed by atoms with Gasteiger partial charge in [0.05, 0.1) is 5.88 Å². The molecule has 1 aliphatic heterocycles. The maximum absolute atomic E-state index is 12.5. The van der Waals surface area contributed by atoms with Crippen LogP contribution in [0.1, 0.15) is 17.7 Å². The van der Waals surface area contributed by atoms with Gasteiger partial charge in [-0.05, 0) is 45.0 Å². The first-order chi connectivity index (χ1) is 9.43. The third-order valence-corrected chi connectivity index (χ3v) is 7.46. The Bertz CT molecular complexity index is 534. The van der Waals surface area contributed by atoms with Crippen LogP contribution in [0, 0.1) is 5.92 Å². The molecule has 0 atom stereocenters. The fourth-order valence-corrected chi connectivity index (χ4v) is 5.63. The van der Waals surface area contributed by atoms with Crippen LogP contribution in [-0.2, 0) is 15.9 Å². The topological polar surface area (TPSA) is 40.6 Å². The van der Waals surface area contributed by atoms with E-state index in [1.807, 2.05) is 0 Å². The molecule has 1 saturated heterocycles. The second-order valence-electron chi connectivity index (χ2n) is 5.46. The van der Waals surface area contributed by atoms with E-state index in [1.165, 1.54) is 11.3 Å². The number of hydrogen-bond donors (Lipinski definition) is 0. The van der Waals surface area contributed by atoms with Crippen LogP contribution in [0.4, 0.5) is 0 Å². The Kier molecular flexibility index (Phi) is 5.48. The minimum atomic E-state index is -3.32. The van der Waals surface area contributed by atoms with E-state index in [9.17, 15) is 8.42 Å². The molecule has 1 fully saturated rings. The number of piperidine rings is 1. The van der Waals surface area contributed by atoms with Gasteiger partial charge in [0.2, 0.25) is 0 Å². The van der Waals surface area contributed by atoms with Crippen LogP contribution in [0.2, 0.25) is 0 Å². The van der Waals surface area contributed by atoms with Crippen LogP contribution in [0.3, 0.4) is 0 Å². The van der Waals surface area contributed by atoms with Crippen LogP contribution < -0.4 is 0 Å². The fourth-order valence-electron chi connectivity index (χ4n) is 2.54. The molecule has 0 unspecified atom stereocenters. The average Bonchev–Trinajstić information content (AvgIpc) is 2.88. The highest BCUT2D eigenvalue weighted by atomic mass is 35.5. The van der Waals surface area contributed by atoms with Crippen LogP contribution in [0.25, 0.3) is 0 Å². The van der Waals surface area contributed by atoms with Crippen molar-refractivity contribution in [3.05, 3.63) is 17.0 Å². The molecular formula is C13H21ClN2O2S2. The number of alkyl halides is 1. The van der Waals surface area contributed by atoms with Gasteiger partial charge in [0.25, 0.3) is 10.0 Å². The van der Waals surface area contributed by atoms with E-state index in [1.54, 1.807) is 16.4 Å². The summed E-state index contributed by atoms with van der Waals surface area (Å²) in [4.78, 5) is 3.06. The highest BCUT2D eigenvalue weighted by Crippen LogP contribution is 2.29. The standard InChI is InChI=1S/C13H21ClN2O2S2/c1-15(2)10-11-5-7-16(8-6-11)20(17,18)13-4-3-12(9-14)19-13/h3-4,11H,5-10H2,1-2H3. The largest absolute Gasteiger partial charge is 0.309 e. The Balaban J connectivity index is 2.02. The Morgan fingerprint density at radius 3 is 2.50 bits per heavy atom. The van der Waals surface area contributed by atoms with E-state index in [-0.39, 0.29) is 0 Å². The summed E-state index contributed by atoms with van der Waals surface area (Å²) in [6, 6.07) is 3.47. The molecule has 1 aliphatic rings. The molecule has 1 aromatic heterocycles. The van der Waals surface area contributed by atoms with Crippen molar-refractivity contribution in [2.45, 2.75) is 22.9 Å². The molecule has 0 radical (unpaired) electrons. The minimum Gasteiger partial charge on any atom is -0.309 e. The lowest BCUT2D eigenvalue weighted by Crippen LogP contribution is -2.40. The van der Waals surface area contributed by atoms with Crippen molar-refractivity contribution < 1.29 is 8.42 Å². The molecule has 0 amide bonds. The summed E-state index contributed by atoms with van der Waals surface area (Å²) in [7, 11) is 0.792. The SMILES string of the molecule is CN(C)CC1CCN(S(=O)(=O)c2ccc(CCl)s2)CC1. The second kappa shape index (κ2) is 6.75. The molecular weight excluding hydrogens is 316 g/mol. The lowest BCUT2D eigenvalue weighted by Gasteiger charge is -2.32. The number of thiophene rings is 1. The average molecular weight is 337 g/mol. The van der Waals surface area contributed by atoms with Gasteiger partial charge in [0.1, 0.15) is 4.21 Å². The summed E-state index contributed by atoms with van der Waals surface area (Å²) in [5.41, 5.74) is 0. The number of nitrogens with zero attached hydrogens (tertiary/aromatic N) is 2. The van der Waals surface area contributed by atoms with Gasteiger partial charge >= 0.3 is 0 Å². The van der Waals surface area contributed by atoms with Crippen LogP contribution in [-0.4, -0.2) is 51.4 Å². The highest BCUT2D eigenvalue weighted by Gasteiger charge is 2.30. The molecule has 1 aromatic rings. The molecule has 0 N–H and O–H groups in total. The third kappa shape index (κ3) is 3.74. The first-order valence-corrected chi connectivity index (χ1v) is 9.52. The zero-order valence-corrected chi connectivity index (χ0v) is 14.3. The molecule has 20 heavy (non-hydrogen) atoms. The minimum absolute atomic E-state index is 0.366. The van der Waals surface area contributed by atoms with Crippen molar-refractivity contribution >= 4 is 33.0 Å². The normalized spacial score (nSPS) is 18.8. The van der Waals surface area contributed by atoms with Gasteiger partial charge < -0.3 is 4.90 Å². The van der Waals surface area contributed by atoms with E-state index in [0.29, 0.717) is 29.1 Å². The van der Waals surface area contributed by atoms with Crippen LogP contribution in [0.15, 0.2) is 16.3 Å². The lowest BCUT2D eigenvalue weighted by molar-refractivity contribution is 0.225. The van der Waals surface area contributed by atoms with Gasteiger partial charge in [-0.15, -0.1) is 22.9 Å². The lowest BCUT2D eigenvalue weighted by atomic mass is 9.98. The van der Waals surface area contributed by atoms with Crippen molar-refractivity contribution in [1.29, 1.82) is 0 Å². The summed E-state index contributed by atoms with van der Waals surface area (Å²) in [6.45, 7) is 2.27. The Morgan fingerprint density at radius 2 is 2.00 bits per heavy atom. The summed E-state index contributed by atoms with van der Waals surface area (Å²) in [5, 5.41) is 0. The van der Waals surface area contributed by atoms with Crippen LogP contribution >= 0.6 is 22.9 Å². The molecule has 114 valence electrons. The zero-order chi connectivity index (χ0) is 14.8. The van der Waals surface area contributed by atoms with Crippen molar-refractivity contribution in [1.82, 2.24) is 9.21 Å². The van der Waals surface area contributed by atoms with Crippen LogP contribution in [0.5, 0.6) is 0 Å². The van der Waals surface area contributed by atoms with E-state index < -0.39 is 10.0 Å². The molecule has 7 heteroatoms. The molecule has 0 spiro atoms. The predicted molar refractivity (Wildman–Crippen MR) is 83.9 cm³/mol. The molecule has 4 nitrogen and oxygen atoms in total. The zero-order valence-electron chi connectivity index (χ0n) is 11.9. The molecule has 0 aromatic carbocycles. The van der Waals surface area contributed by atoms with Gasteiger partial charge in [-0.2, -0.15) is 4.31 Å². The number of rotatable bonds is 5. The summed E-state index contributed by atoms with van der Waals surface area (Å²) in [5.74, 6) is 0.962. The van der Waals surface area contributed by atoms with E-state index in [2.05, 4.69) is 19.0 Å². The van der Waals surface area contributed by atoms with E-state index in [4.69, 9.17) is 11.6 Å². The van der Waals surface area contributed by atoms with Gasteiger partial charge in [-0.1, -0.05) is 0 Å². The van der Waals surface area contributed by atoms with Gasteiger partial charge in [0.15, 0.2) is 0 Å². The number of hydrogen-bond acceptors (Lipinski definition) is 4. The maximum atomic E-state index is 12.5. The van der Waals surface area contributed by atoms with Crippen molar-refractivity contribution in [3.8, 4) is 0 Å². The molecule has 0 aliphatic carbocycles. The third-order valence-electron chi connectivity index (χ3n) is 3.56. The Morgan fingerprint density at radius 1 is 1.35 bits per heavy atom. The second-order valence-corrected chi connectivity index (χ2v) is 9.06. The number of sulfonamides is 1. The Hall–Kier alpha value is -0.140.